The quantitative estimate of drug-likeness (QED) is 0.757. The number of likely N-dealkylation sites (tertiary alicyclic amines) is 1. The molecule has 164 valence electrons. The molecule has 2 aliphatic heterocycles. The van der Waals surface area contributed by atoms with E-state index in [1.54, 1.807) is 6.20 Å². The fourth-order valence-corrected chi connectivity index (χ4v) is 4.40. The Kier molecular flexibility index (Phi) is 6.92. The summed E-state index contributed by atoms with van der Waals surface area (Å²) in [5.74, 6) is 1.22. The van der Waals surface area contributed by atoms with Gasteiger partial charge in [-0.3, -0.25) is 4.79 Å². The van der Waals surface area contributed by atoms with E-state index in [4.69, 9.17) is 11.6 Å². The molecule has 0 bridgehead atoms. The van der Waals surface area contributed by atoms with Crippen LogP contribution in [-0.4, -0.2) is 54.0 Å². The molecule has 2 N–H and O–H groups in total. The minimum Gasteiger partial charge on any atom is -0.357 e. The second kappa shape index (κ2) is 10.0. The molecule has 0 aliphatic carbocycles. The van der Waals surface area contributed by atoms with Gasteiger partial charge in [0.05, 0.1) is 5.02 Å². The SMILES string of the molecule is O=C(Nc1ccccc1)NC1CCN(C(=O)C2CCN(c3ccc(Cl)cn3)CC2)CC1. The number of nitrogens with zero attached hydrogens (tertiary/aromatic N) is 3. The molecule has 0 saturated carbocycles. The lowest BCUT2D eigenvalue weighted by Crippen LogP contribution is -2.50. The molecule has 2 aromatic rings. The van der Waals surface area contributed by atoms with E-state index in [1.807, 2.05) is 47.4 Å². The van der Waals surface area contributed by atoms with E-state index >= 15 is 0 Å². The molecule has 3 heterocycles. The molecule has 2 fully saturated rings. The minimum atomic E-state index is -0.195. The molecule has 0 spiro atoms. The number of rotatable bonds is 4. The van der Waals surface area contributed by atoms with Crippen molar-refractivity contribution in [2.75, 3.05) is 36.4 Å². The van der Waals surface area contributed by atoms with E-state index in [0.717, 1.165) is 50.3 Å². The highest BCUT2D eigenvalue weighted by molar-refractivity contribution is 6.30. The fourth-order valence-electron chi connectivity index (χ4n) is 4.29. The molecule has 1 aromatic carbocycles. The van der Waals surface area contributed by atoms with Crippen LogP contribution in [0.4, 0.5) is 16.3 Å². The summed E-state index contributed by atoms with van der Waals surface area (Å²) in [5, 5.41) is 6.50. The number of pyridine rings is 1. The predicted molar refractivity (Wildman–Crippen MR) is 122 cm³/mol. The number of para-hydroxylation sites is 1. The summed E-state index contributed by atoms with van der Waals surface area (Å²) >= 11 is 5.92. The van der Waals surface area contributed by atoms with E-state index < -0.39 is 0 Å². The average Bonchev–Trinajstić information content (AvgIpc) is 2.80. The third-order valence-corrected chi connectivity index (χ3v) is 6.28. The Labute approximate surface area is 187 Å². The standard InChI is InChI=1S/C23H28ClN5O2/c24-18-6-7-21(25-16-18)28-12-8-17(9-13-28)22(30)29-14-10-20(11-15-29)27-23(31)26-19-4-2-1-3-5-19/h1-7,16-17,20H,8-15H2,(H2,26,27,31). The molecule has 7 nitrogen and oxygen atoms in total. The first-order valence-electron chi connectivity index (χ1n) is 10.9. The summed E-state index contributed by atoms with van der Waals surface area (Å²) in [6.45, 7) is 3.02. The number of urea groups is 1. The Balaban J connectivity index is 1.20. The molecule has 1 aromatic heterocycles. The Hall–Kier alpha value is -2.80. The fraction of sp³-hybridized carbons (Fsp3) is 0.435. The van der Waals surface area contributed by atoms with Crippen molar-refractivity contribution in [1.29, 1.82) is 0 Å². The lowest BCUT2D eigenvalue weighted by atomic mass is 9.93. The van der Waals surface area contributed by atoms with Gasteiger partial charge in [0, 0.05) is 50.0 Å². The monoisotopic (exact) mass is 441 g/mol. The summed E-state index contributed by atoms with van der Waals surface area (Å²) in [6.07, 6.45) is 4.89. The number of hydrogen-bond acceptors (Lipinski definition) is 4. The number of halogens is 1. The molecule has 0 unspecified atom stereocenters. The summed E-state index contributed by atoms with van der Waals surface area (Å²) in [6, 6.07) is 13.1. The van der Waals surface area contributed by atoms with Gasteiger partial charge in [0.2, 0.25) is 5.91 Å². The van der Waals surface area contributed by atoms with Crippen molar-refractivity contribution in [2.24, 2.45) is 5.92 Å². The molecule has 0 radical (unpaired) electrons. The van der Waals surface area contributed by atoms with Gasteiger partial charge in [-0.1, -0.05) is 29.8 Å². The van der Waals surface area contributed by atoms with Crippen molar-refractivity contribution < 1.29 is 9.59 Å². The van der Waals surface area contributed by atoms with Crippen molar-refractivity contribution in [3.63, 3.8) is 0 Å². The molecule has 2 saturated heterocycles. The van der Waals surface area contributed by atoms with Crippen LogP contribution in [0.2, 0.25) is 5.02 Å². The van der Waals surface area contributed by atoms with Crippen LogP contribution in [0, 0.1) is 5.92 Å². The highest BCUT2D eigenvalue weighted by atomic mass is 35.5. The van der Waals surface area contributed by atoms with Crippen LogP contribution < -0.4 is 15.5 Å². The van der Waals surface area contributed by atoms with Crippen LogP contribution >= 0.6 is 11.6 Å². The van der Waals surface area contributed by atoms with Gasteiger partial charge >= 0.3 is 6.03 Å². The van der Waals surface area contributed by atoms with Crippen molar-refractivity contribution in [3.8, 4) is 0 Å². The molecule has 2 aliphatic rings. The van der Waals surface area contributed by atoms with E-state index in [2.05, 4.69) is 20.5 Å². The van der Waals surface area contributed by atoms with Gasteiger partial charge in [0.1, 0.15) is 5.82 Å². The zero-order chi connectivity index (χ0) is 21.6. The number of piperidine rings is 2. The summed E-state index contributed by atoms with van der Waals surface area (Å²) in [4.78, 5) is 33.7. The summed E-state index contributed by atoms with van der Waals surface area (Å²) in [5.41, 5.74) is 0.771. The Morgan fingerprint density at radius 2 is 1.65 bits per heavy atom. The van der Waals surface area contributed by atoms with Crippen LogP contribution in [-0.2, 0) is 4.79 Å². The first-order chi connectivity index (χ1) is 15.1. The van der Waals surface area contributed by atoms with Crippen LogP contribution in [0.3, 0.4) is 0 Å². The zero-order valence-electron chi connectivity index (χ0n) is 17.5. The van der Waals surface area contributed by atoms with Crippen molar-refractivity contribution >= 4 is 35.0 Å². The predicted octanol–water partition coefficient (Wildman–Crippen LogP) is 3.76. The molecule has 3 amide bonds. The van der Waals surface area contributed by atoms with Crippen LogP contribution in [0.25, 0.3) is 0 Å². The van der Waals surface area contributed by atoms with Gasteiger partial charge in [0.15, 0.2) is 0 Å². The topological polar surface area (TPSA) is 77.6 Å². The number of carbonyl (C=O) groups excluding carboxylic acids is 2. The van der Waals surface area contributed by atoms with E-state index in [-0.39, 0.29) is 23.9 Å². The summed E-state index contributed by atoms with van der Waals surface area (Å²) in [7, 11) is 0. The molecule has 4 rings (SSSR count). The van der Waals surface area contributed by atoms with Crippen molar-refractivity contribution in [1.82, 2.24) is 15.2 Å². The van der Waals surface area contributed by atoms with Gasteiger partial charge in [0.25, 0.3) is 0 Å². The van der Waals surface area contributed by atoms with Crippen molar-refractivity contribution in [2.45, 2.75) is 31.7 Å². The van der Waals surface area contributed by atoms with Crippen LogP contribution in [0.15, 0.2) is 48.7 Å². The lowest BCUT2D eigenvalue weighted by Gasteiger charge is -2.37. The number of nitrogens with one attached hydrogen (secondary N) is 2. The smallest absolute Gasteiger partial charge is 0.319 e. The van der Waals surface area contributed by atoms with Crippen molar-refractivity contribution in [3.05, 3.63) is 53.7 Å². The maximum atomic E-state index is 13.0. The first-order valence-corrected chi connectivity index (χ1v) is 11.2. The molecule has 31 heavy (non-hydrogen) atoms. The first kappa shape index (κ1) is 21.4. The Morgan fingerprint density at radius 3 is 2.29 bits per heavy atom. The highest BCUT2D eigenvalue weighted by Gasteiger charge is 2.31. The van der Waals surface area contributed by atoms with Crippen LogP contribution in [0.5, 0.6) is 0 Å². The van der Waals surface area contributed by atoms with Gasteiger partial charge in [-0.25, -0.2) is 9.78 Å². The zero-order valence-corrected chi connectivity index (χ0v) is 18.2. The number of amides is 3. The lowest BCUT2D eigenvalue weighted by molar-refractivity contribution is -0.137. The summed E-state index contributed by atoms with van der Waals surface area (Å²) < 4.78 is 0. The minimum absolute atomic E-state index is 0.0643. The van der Waals surface area contributed by atoms with Gasteiger partial charge in [-0.15, -0.1) is 0 Å². The van der Waals surface area contributed by atoms with E-state index in [1.165, 1.54) is 0 Å². The average molecular weight is 442 g/mol. The second-order valence-corrected chi connectivity index (χ2v) is 8.60. The Bertz CT molecular complexity index is 877. The van der Waals surface area contributed by atoms with Crippen LogP contribution in [0.1, 0.15) is 25.7 Å². The largest absolute Gasteiger partial charge is 0.357 e. The number of hydrogen-bond donors (Lipinski definition) is 2. The molecule has 0 atom stereocenters. The van der Waals surface area contributed by atoms with Gasteiger partial charge in [-0.2, -0.15) is 0 Å². The molecule has 8 heteroatoms. The third-order valence-electron chi connectivity index (χ3n) is 6.05. The van der Waals surface area contributed by atoms with E-state index in [0.29, 0.717) is 18.1 Å². The second-order valence-electron chi connectivity index (χ2n) is 8.16. The highest BCUT2D eigenvalue weighted by Crippen LogP contribution is 2.25. The number of carbonyl (C=O) groups is 2. The van der Waals surface area contributed by atoms with Gasteiger partial charge < -0.3 is 20.4 Å². The number of anilines is 2. The number of aromatic nitrogens is 1. The molecular weight excluding hydrogens is 414 g/mol. The van der Waals surface area contributed by atoms with Gasteiger partial charge in [-0.05, 0) is 49.9 Å². The third kappa shape index (κ3) is 5.67. The molecular formula is C23H28ClN5O2. The maximum absolute atomic E-state index is 13.0. The number of benzene rings is 1. The normalized spacial score (nSPS) is 18.0. The van der Waals surface area contributed by atoms with E-state index in [9.17, 15) is 9.59 Å². The maximum Gasteiger partial charge on any atom is 0.319 e. The Morgan fingerprint density at radius 1 is 0.935 bits per heavy atom.